The molecule has 2 rings (SSSR count). The molecular formula is C12H10N2O4S2. The standard InChI is InChI=1S/C12H10N2O4S2/c13-9-1-7-12(8-2-9)20(17,18)19-11-5-3-10(4-6-11)14(15)16/h1-8H,13H2. The Morgan fingerprint density at radius 1 is 1.00 bits per heavy atom. The van der Waals surface area contributed by atoms with Crippen molar-refractivity contribution in [1.29, 1.82) is 0 Å². The van der Waals surface area contributed by atoms with Crippen molar-refractivity contribution in [2.75, 3.05) is 5.73 Å². The van der Waals surface area contributed by atoms with Crippen molar-refractivity contribution in [3.63, 3.8) is 0 Å². The molecule has 2 aromatic rings. The van der Waals surface area contributed by atoms with Crippen LogP contribution in [0.1, 0.15) is 0 Å². The van der Waals surface area contributed by atoms with Crippen molar-refractivity contribution in [3.05, 3.63) is 58.6 Å². The Morgan fingerprint density at radius 2 is 1.55 bits per heavy atom. The van der Waals surface area contributed by atoms with Gasteiger partial charge in [0, 0.05) is 33.5 Å². The number of hydrogen-bond donors (Lipinski definition) is 1. The summed E-state index contributed by atoms with van der Waals surface area (Å²) in [5.74, 6) is 0. The van der Waals surface area contributed by atoms with Gasteiger partial charge in [-0.25, -0.2) is 8.42 Å². The van der Waals surface area contributed by atoms with E-state index in [1.165, 1.54) is 48.5 Å². The number of nitro benzene ring substituents is 1. The number of hydrogen-bond acceptors (Lipinski definition) is 6. The van der Waals surface area contributed by atoms with Crippen LogP contribution in [0.5, 0.6) is 0 Å². The van der Waals surface area contributed by atoms with Crippen LogP contribution < -0.4 is 5.73 Å². The van der Waals surface area contributed by atoms with Gasteiger partial charge in [0.2, 0.25) is 8.87 Å². The first-order valence-electron chi connectivity index (χ1n) is 5.43. The molecule has 6 nitrogen and oxygen atoms in total. The van der Waals surface area contributed by atoms with E-state index in [2.05, 4.69) is 0 Å². The Bertz CT molecular complexity index is 725. The van der Waals surface area contributed by atoms with E-state index in [1.807, 2.05) is 0 Å². The molecule has 8 heteroatoms. The van der Waals surface area contributed by atoms with E-state index in [-0.39, 0.29) is 10.6 Å². The lowest BCUT2D eigenvalue weighted by molar-refractivity contribution is -0.384. The molecule has 0 aliphatic rings. The normalized spacial score (nSPS) is 11.2. The highest BCUT2D eigenvalue weighted by atomic mass is 33.1. The van der Waals surface area contributed by atoms with Crippen molar-refractivity contribution >= 4 is 31.0 Å². The molecule has 0 saturated carbocycles. The maximum absolute atomic E-state index is 12.1. The van der Waals surface area contributed by atoms with Crippen LogP contribution in [0.25, 0.3) is 0 Å². The molecule has 0 radical (unpaired) electrons. The second-order valence-electron chi connectivity index (χ2n) is 3.86. The number of non-ortho nitro benzene ring substituents is 1. The Morgan fingerprint density at radius 3 is 2.05 bits per heavy atom. The molecule has 0 atom stereocenters. The molecule has 20 heavy (non-hydrogen) atoms. The van der Waals surface area contributed by atoms with Gasteiger partial charge in [-0.2, -0.15) is 0 Å². The summed E-state index contributed by atoms with van der Waals surface area (Å²) < 4.78 is 24.2. The van der Waals surface area contributed by atoms with Crippen molar-refractivity contribution in [2.24, 2.45) is 0 Å². The van der Waals surface area contributed by atoms with Gasteiger partial charge in [-0.05, 0) is 36.4 Å². The topological polar surface area (TPSA) is 103 Å². The number of rotatable bonds is 4. The third kappa shape index (κ3) is 3.28. The van der Waals surface area contributed by atoms with E-state index in [0.29, 0.717) is 21.4 Å². The molecule has 0 aliphatic heterocycles. The van der Waals surface area contributed by atoms with Gasteiger partial charge in [-0.15, -0.1) is 0 Å². The van der Waals surface area contributed by atoms with E-state index < -0.39 is 13.8 Å². The van der Waals surface area contributed by atoms with Crippen molar-refractivity contribution in [3.8, 4) is 0 Å². The van der Waals surface area contributed by atoms with Gasteiger partial charge >= 0.3 is 0 Å². The maximum Gasteiger partial charge on any atom is 0.269 e. The Balaban J connectivity index is 2.24. The predicted molar refractivity (Wildman–Crippen MR) is 77.0 cm³/mol. The molecule has 0 aromatic heterocycles. The number of nitrogens with zero attached hydrogens (tertiary/aromatic N) is 1. The quantitative estimate of drug-likeness (QED) is 0.403. The number of anilines is 1. The monoisotopic (exact) mass is 310 g/mol. The van der Waals surface area contributed by atoms with Crippen LogP contribution in [0, 0.1) is 10.1 Å². The summed E-state index contributed by atoms with van der Waals surface area (Å²) in [5, 5.41) is 10.5. The van der Waals surface area contributed by atoms with Crippen molar-refractivity contribution < 1.29 is 13.3 Å². The Kier molecular flexibility index (Phi) is 3.96. The highest BCUT2D eigenvalue weighted by Crippen LogP contribution is 2.31. The lowest BCUT2D eigenvalue weighted by Gasteiger charge is -2.04. The largest absolute Gasteiger partial charge is 0.399 e. The van der Waals surface area contributed by atoms with Crippen LogP contribution in [-0.2, 0) is 8.87 Å². The molecule has 0 spiro atoms. The van der Waals surface area contributed by atoms with E-state index in [9.17, 15) is 18.5 Å². The number of nitro groups is 1. The van der Waals surface area contributed by atoms with Gasteiger partial charge in [0.1, 0.15) is 0 Å². The molecule has 2 aromatic carbocycles. The summed E-state index contributed by atoms with van der Waals surface area (Å²) >= 11 is 0. The third-order valence-electron chi connectivity index (χ3n) is 2.42. The van der Waals surface area contributed by atoms with Gasteiger partial charge in [0.25, 0.3) is 5.69 Å². The van der Waals surface area contributed by atoms with Gasteiger partial charge in [-0.1, -0.05) is 0 Å². The maximum atomic E-state index is 12.1. The zero-order valence-corrected chi connectivity index (χ0v) is 11.7. The van der Waals surface area contributed by atoms with E-state index in [0.717, 1.165) is 0 Å². The van der Waals surface area contributed by atoms with Crippen LogP contribution in [-0.4, -0.2) is 13.3 Å². The fourth-order valence-corrected chi connectivity index (χ4v) is 4.21. The zero-order valence-electron chi connectivity index (χ0n) is 10.1. The highest BCUT2D eigenvalue weighted by Gasteiger charge is 2.17. The molecule has 0 amide bonds. The summed E-state index contributed by atoms with van der Waals surface area (Å²) in [5.41, 5.74) is 5.89. The molecule has 104 valence electrons. The lowest BCUT2D eigenvalue weighted by Crippen LogP contribution is -1.96. The summed E-state index contributed by atoms with van der Waals surface area (Å²) in [4.78, 5) is 10.5. The lowest BCUT2D eigenvalue weighted by atomic mass is 10.3. The number of nitrogens with two attached hydrogens (primary N) is 1. The van der Waals surface area contributed by atoms with Gasteiger partial charge in [-0.3, -0.25) is 10.1 Å². The molecule has 0 unspecified atom stereocenters. The molecule has 0 heterocycles. The summed E-state index contributed by atoms with van der Waals surface area (Å²) in [6.07, 6.45) is 0. The highest BCUT2D eigenvalue weighted by molar-refractivity contribution is 8.72. The fourth-order valence-electron chi connectivity index (χ4n) is 1.43. The second kappa shape index (κ2) is 5.51. The molecule has 0 saturated heterocycles. The first-order chi connectivity index (χ1) is 9.38. The fraction of sp³-hybridized carbons (Fsp3) is 0. The minimum atomic E-state index is -3.57. The Hall–Kier alpha value is -2.06. The molecule has 0 bridgehead atoms. The zero-order chi connectivity index (χ0) is 14.8. The first kappa shape index (κ1) is 14.4. The van der Waals surface area contributed by atoms with Crippen molar-refractivity contribution in [2.45, 2.75) is 9.79 Å². The summed E-state index contributed by atoms with van der Waals surface area (Å²) in [7, 11) is -2.94. The van der Waals surface area contributed by atoms with E-state index in [4.69, 9.17) is 5.73 Å². The van der Waals surface area contributed by atoms with Crippen LogP contribution >= 0.6 is 10.8 Å². The molecule has 0 fully saturated rings. The molecule has 0 aliphatic carbocycles. The molecular weight excluding hydrogens is 300 g/mol. The van der Waals surface area contributed by atoms with E-state index in [1.54, 1.807) is 0 Å². The SMILES string of the molecule is Nc1ccc(S(=O)(=O)Sc2ccc([N+](=O)[O-])cc2)cc1. The summed E-state index contributed by atoms with van der Waals surface area (Å²) in [6.45, 7) is 0. The van der Waals surface area contributed by atoms with Crippen LogP contribution in [0.2, 0.25) is 0 Å². The number of nitrogen functional groups attached to an aromatic ring is 1. The van der Waals surface area contributed by atoms with Gasteiger partial charge < -0.3 is 5.73 Å². The van der Waals surface area contributed by atoms with E-state index >= 15 is 0 Å². The third-order valence-corrected chi connectivity index (χ3v) is 5.77. The molecule has 2 N–H and O–H groups in total. The second-order valence-corrected chi connectivity index (χ2v) is 7.69. The van der Waals surface area contributed by atoms with Crippen LogP contribution in [0.3, 0.4) is 0 Å². The Labute approximate surface area is 119 Å². The average molecular weight is 310 g/mol. The van der Waals surface area contributed by atoms with Crippen LogP contribution in [0.15, 0.2) is 58.3 Å². The van der Waals surface area contributed by atoms with Crippen molar-refractivity contribution in [1.82, 2.24) is 0 Å². The average Bonchev–Trinajstić information content (AvgIpc) is 2.39. The van der Waals surface area contributed by atoms with Gasteiger partial charge in [0.15, 0.2) is 0 Å². The predicted octanol–water partition coefficient (Wildman–Crippen LogP) is 2.66. The summed E-state index contributed by atoms with van der Waals surface area (Å²) in [6, 6.07) is 11.2. The minimum absolute atomic E-state index is 0.0840. The number of benzene rings is 2. The smallest absolute Gasteiger partial charge is 0.269 e. The van der Waals surface area contributed by atoms with Crippen LogP contribution in [0.4, 0.5) is 11.4 Å². The minimum Gasteiger partial charge on any atom is -0.399 e. The van der Waals surface area contributed by atoms with Gasteiger partial charge in [0.05, 0.1) is 9.82 Å². The first-order valence-corrected chi connectivity index (χ1v) is 8.24.